The molecule has 1 atom stereocenters. The summed E-state index contributed by atoms with van der Waals surface area (Å²) in [5.41, 5.74) is 0. The SMILES string of the molecule is CC/C=C\C/C=C\C/C=C\C/C=C\C/C=C\C/C=C\C/C=C\CCCC(=O)OC(COC(=O)CCCCCCC/C=C\CCCCCC)COC(=O)CCCCCCCCCCCCCCC/C=C\CCCCCCCCCC. The molecule has 0 fully saturated rings. The second kappa shape index (κ2) is 66.6. The van der Waals surface area contributed by atoms with E-state index in [2.05, 4.69) is 130 Å². The van der Waals surface area contributed by atoms with Crippen molar-refractivity contribution in [2.45, 2.75) is 322 Å². The van der Waals surface area contributed by atoms with Crippen molar-refractivity contribution in [1.82, 2.24) is 0 Å². The van der Waals surface area contributed by atoms with E-state index in [-0.39, 0.29) is 37.5 Å². The number of ether oxygens (including phenoxy) is 3. The third-order valence-electron chi connectivity index (χ3n) is 14.2. The monoisotopic (exact) mass is 1100 g/mol. The zero-order valence-electron chi connectivity index (χ0n) is 51.9. The van der Waals surface area contributed by atoms with Gasteiger partial charge in [-0.15, -0.1) is 0 Å². The smallest absolute Gasteiger partial charge is 0.306 e. The molecule has 0 aromatic carbocycles. The summed E-state index contributed by atoms with van der Waals surface area (Å²) in [6.07, 6.45) is 91.1. The maximum atomic E-state index is 12.9. The molecule has 0 spiro atoms. The molecule has 0 saturated heterocycles. The van der Waals surface area contributed by atoms with E-state index in [0.717, 1.165) is 103 Å². The molecule has 0 amide bonds. The van der Waals surface area contributed by atoms with Crippen LogP contribution in [-0.2, 0) is 28.6 Å². The van der Waals surface area contributed by atoms with Crippen molar-refractivity contribution in [2.24, 2.45) is 0 Å². The first-order chi connectivity index (χ1) is 39.0. The molecule has 0 bridgehead atoms. The minimum atomic E-state index is -0.815. The normalized spacial score (nSPS) is 12.8. The molecule has 6 nitrogen and oxygen atoms in total. The van der Waals surface area contributed by atoms with Gasteiger partial charge in [0.05, 0.1) is 0 Å². The van der Waals surface area contributed by atoms with Gasteiger partial charge >= 0.3 is 17.9 Å². The lowest BCUT2D eigenvalue weighted by Gasteiger charge is -2.18. The van der Waals surface area contributed by atoms with Crippen molar-refractivity contribution in [3.05, 3.63) is 109 Å². The Morgan fingerprint density at radius 3 is 0.835 bits per heavy atom. The van der Waals surface area contributed by atoms with Crippen molar-refractivity contribution in [3.8, 4) is 0 Å². The van der Waals surface area contributed by atoms with Crippen LogP contribution in [0.5, 0.6) is 0 Å². The van der Waals surface area contributed by atoms with Gasteiger partial charge in [-0.2, -0.15) is 0 Å². The number of allylic oxidation sites excluding steroid dienone is 18. The van der Waals surface area contributed by atoms with Gasteiger partial charge in [-0.25, -0.2) is 0 Å². The number of carbonyl (C=O) groups excluding carboxylic acids is 3. The predicted molar refractivity (Wildman–Crippen MR) is 343 cm³/mol. The highest BCUT2D eigenvalue weighted by atomic mass is 16.6. The fourth-order valence-electron chi connectivity index (χ4n) is 9.25. The standard InChI is InChI=1S/C73H124O6/c1-4-7-10-13-16-19-22-25-27-29-31-33-35-36-38-39-41-43-45-48-51-54-57-60-63-66-72(75)78-69-70(68-77-71(74)65-62-59-56-53-50-47-24-21-18-15-12-9-6-3)79-73(76)67-64-61-58-55-52-49-46-44-42-40-37-34-32-30-28-26-23-20-17-14-11-8-5-2/h8,11,17,20-21,24,26,28-29,31-32,34,40,42,46,49,55,58,70H,4-7,9-10,12-16,18-19,22-23,25,27,30,33,35-39,41,43-45,47-48,50-54,56-57,59-69H2,1-3H3/b11-8-,20-17-,24-21-,28-26-,31-29-,34-32-,42-40-,49-46-,58-55-. The molecule has 0 saturated carbocycles. The van der Waals surface area contributed by atoms with Crippen LogP contribution in [0.3, 0.4) is 0 Å². The minimum absolute atomic E-state index is 0.103. The van der Waals surface area contributed by atoms with Crippen LogP contribution < -0.4 is 0 Å². The first-order valence-electron chi connectivity index (χ1n) is 33.4. The van der Waals surface area contributed by atoms with E-state index in [4.69, 9.17) is 14.2 Å². The molecule has 1 unspecified atom stereocenters. The van der Waals surface area contributed by atoms with Crippen LogP contribution in [0, 0.1) is 0 Å². The summed E-state index contributed by atoms with van der Waals surface area (Å²) in [6.45, 7) is 6.48. The number of hydrogen-bond acceptors (Lipinski definition) is 6. The van der Waals surface area contributed by atoms with Gasteiger partial charge in [0.1, 0.15) is 13.2 Å². The topological polar surface area (TPSA) is 78.9 Å². The molecule has 0 radical (unpaired) electrons. The maximum Gasteiger partial charge on any atom is 0.306 e. The third kappa shape index (κ3) is 64.8. The van der Waals surface area contributed by atoms with Crippen LogP contribution in [0.1, 0.15) is 316 Å². The number of rotatable bonds is 60. The summed E-state index contributed by atoms with van der Waals surface area (Å²) in [4.78, 5) is 38.3. The predicted octanol–water partition coefficient (Wildman–Crippen LogP) is 23.0. The molecule has 0 aliphatic carbocycles. The summed E-state index contributed by atoms with van der Waals surface area (Å²) in [5.74, 6) is -0.965. The molecule has 6 heteroatoms. The molecule has 0 aliphatic rings. The molecular formula is C73H124O6. The molecule has 79 heavy (non-hydrogen) atoms. The fraction of sp³-hybridized carbons (Fsp3) is 0.712. The van der Waals surface area contributed by atoms with Gasteiger partial charge in [-0.05, 0) is 122 Å². The Balaban J connectivity index is 4.40. The Bertz CT molecular complexity index is 1590. The van der Waals surface area contributed by atoms with Crippen molar-refractivity contribution < 1.29 is 28.6 Å². The maximum absolute atomic E-state index is 12.9. The number of unbranched alkanes of at least 4 members (excludes halogenated alkanes) is 31. The van der Waals surface area contributed by atoms with E-state index < -0.39 is 6.10 Å². The average Bonchev–Trinajstić information content (AvgIpc) is 3.45. The largest absolute Gasteiger partial charge is 0.462 e. The highest BCUT2D eigenvalue weighted by molar-refractivity contribution is 5.71. The van der Waals surface area contributed by atoms with Gasteiger partial charge < -0.3 is 14.2 Å². The Morgan fingerprint density at radius 2 is 0.506 bits per heavy atom. The highest BCUT2D eigenvalue weighted by Gasteiger charge is 2.19. The molecule has 0 aromatic rings. The quantitative estimate of drug-likeness (QED) is 0.0261. The highest BCUT2D eigenvalue weighted by Crippen LogP contribution is 2.16. The van der Waals surface area contributed by atoms with Crippen molar-refractivity contribution in [3.63, 3.8) is 0 Å². The van der Waals surface area contributed by atoms with E-state index in [1.165, 1.54) is 167 Å². The Kier molecular flexibility index (Phi) is 63.3. The Hall–Kier alpha value is -3.93. The molecule has 0 heterocycles. The lowest BCUT2D eigenvalue weighted by atomic mass is 10.0. The fourth-order valence-corrected chi connectivity index (χ4v) is 9.25. The zero-order chi connectivity index (χ0) is 57.1. The lowest BCUT2D eigenvalue weighted by molar-refractivity contribution is -0.167. The summed E-state index contributed by atoms with van der Waals surface area (Å²) in [5, 5.41) is 0. The van der Waals surface area contributed by atoms with E-state index >= 15 is 0 Å². The zero-order valence-corrected chi connectivity index (χ0v) is 51.9. The van der Waals surface area contributed by atoms with Gasteiger partial charge in [0.15, 0.2) is 6.10 Å². The van der Waals surface area contributed by atoms with Crippen LogP contribution >= 0.6 is 0 Å². The second-order valence-corrected chi connectivity index (χ2v) is 22.0. The summed E-state index contributed by atoms with van der Waals surface area (Å²) >= 11 is 0. The van der Waals surface area contributed by atoms with Crippen LogP contribution in [0.15, 0.2) is 109 Å². The minimum Gasteiger partial charge on any atom is -0.462 e. The van der Waals surface area contributed by atoms with E-state index in [1.54, 1.807) is 0 Å². The van der Waals surface area contributed by atoms with Crippen molar-refractivity contribution in [2.75, 3.05) is 13.2 Å². The Morgan fingerprint density at radius 1 is 0.266 bits per heavy atom. The van der Waals surface area contributed by atoms with Gasteiger partial charge in [0.2, 0.25) is 0 Å². The first kappa shape index (κ1) is 75.1. The van der Waals surface area contributed by atoms with Crippen molar-refractivity contribution >= 4 is 17.9 Å². The number of carbonyl (C=O) groups is 3. The van der Waals surface area contributed by atoms with Crippen molar-refractivity contribution in [1.29, 1.82) is 0 Å². The van der Waals surface area contributed by atoms with Crippen LogP contribution in [-0.4, -0.2) is 37.2 Å². The molecule has 0 aliphatic heterocycles. The van der Waals surface area contributed by atoms with E-state index in [1.807, 2.05) is 0 Å². The molecular weight excluding hydrogens is 973 g/mol. The van der Waals surface area contributed by atoms with Gasteiger partial charge in [-0.1, -0.05) is 284 Å². The average molecular weight is 1100 g/mol. The third-order valence-corrected chi connectivity index (χ3v) is 14.2. The van der Waals surface area contributed by atoms with Crippen LogP contribution in [0.25, 0.3) is 0 Å². The number of esters is 3. The van der Waals surface area contributed by atoms with E-state index in [0.29, 0.717) is 19.3 Å². The molecule has 0 rings (SSSR count). The second-order valence-electron chi connectivity index (χ2n) is 22.0. The van der Waals surface area contributed by atoms with Crippen LogP contribution in [0.4, 0.5) is 0 Å². The van der Waals surface area contributed by atoms with E-state index in [9.17, 15) is 14.4 Å². The van der Waals surface area contributed by atoms with Gasteiger partial charge in [0, 0.05) is 19.3 Å². The summed E-state index contributed by atoms with van der Waals surface area (Å²) < 4.78 is 16.9. The first-order valence-corrected chi connectivity index (χ1v) is 33.4. The lowest BCUT2D eigenvalue weighted by Crippen LogP contribution is -2.30. The molecule has 0 aromatic heterocycles. The summed E-state index contributed by atoms with van der Waals surface area (Å²) in [7, 11) is 0. The molecule has 0 N–H and O–H groups in total. The summed E-state index contributed by atoms with van der Waals surface area (Å²) in [6, 6.07) is 0. The van der Waals surface area contributed by atoms with Crippen LogP contribution in [0.2, 0.25) is 0 Å². The Labute approximate surface area is 489 Å². The van der Waals surface area contributed by atoms with Gasteiger partial charge in [0.25, 0.3) is 0 Å². The molecule has 452 valence electrons. The number of hydrogen-bond donors (Lipinski definition) is 0. The van der Waals surface area contributed by atoms with Gasteiger partial charge in [-0.3, -0.25) is 14.4 Å².